The normalized spacial score (nSPS) is 17.4. The van der Waals surface area contributed by atoms with Gasteiger partial charge in [0.05, 0.1) is 19.8 Å². The monoisotopic (exact) mass is 556 g/mol. The van der Waals surface area contributed by atoms with Gasteiger partial charge in [0.2, 0.25) is 5.82 Å². The maximum Gasteiger partial charge on any atom is 0.201 e. The summed E-state index contributed by atoms with van der Waals surface area (Å²) in [4.78, 5) is 0. The van der Waals surface area contributed by atoms with Crippen LogP contribution < -0.4 is 4.74 Å². The molecule has 40 heavy (non-hydrogen) atoms. The summed E-state index contributed by atoms with van der Waals surface area (Å²) in [5.41, 5.74) is 1.14. The Balaban J connectivity index is 1.42. The maximum absolute atomic E-state index is 15.1. The van der Waals surface area contributed by atoms with Crippen molar-refractivity contribution in [2.75, 3.05) is 19.8 Å². The van der Waals surface area contributed by atoms with Crippen LogP contribution in [-0.4, -0.2) is 26.1 Å². The van der Waals surface area contributed by atoms with Crippen LogP contribution in [-0.2, 0) is 9.47 Å². The van der Waals surface area contributed by atoms with E-state index in [1.165, 1.54) is 43.5 Å². The van der Waals surface area contributed by atoms with E-state index < -0.39 is 35.5 Å². The minimum atomic E-state index is -1.04. The molecule has 1 aliphatic rings. The second kappa shape index (κ2) is 14.5. The first-order valence-electron chi connectivity index (χ1n) is 14.0. The lowest BCUT2D eigenvalue weighted by Gasteiger charge is -2.28. The van der Waals surface area contributed by atoms with Gasteiger partial charge in [-0.15, -0.1) is 0 Å². The van der Waals surface area contributed by atoms with E-state index in [1.807, 2.05) is 6.92 Å². The Morgan fingerprint density at radius 3 is 1.93 bits per heavy atom. The molecule has 0 N–H and O–H groups in total. The Morgan fingerprint density at radius 1 is 0.725 bits per heavy atom. The molecule has 1 saturated heterocycles. The summed E-state index contributed by atoms with van der Waals surface area (Å²) in [7, 11) is 0. The van der Waals surface area contributed by atoms with Gasteiger partial charge in [-0.2, -0.15) is 4.39 Å². The summed E-state index contributed by atoms with van der Waals surface area (Å²) in [6.45, 7) is 4.75. The molecule has 3 aromatic rings. The molecule has 0 spiro atoms. The average molecular weight is 557 g/mol. The zero-order valence-electron chi connectivity index (χ0n) is 23.0. The Labute approximate surface area is 233 Å². The number of unbranched alkanes of at least 4 members (excludes halogenated alkanes) is 5. The quantitative estimate of drug-likeness (QED) is 0.126. The molecule has 0 saturated carbocycles. The van der Waals surface area contributed by atoms with E-state index in [4.69, 9.17) is 14.2 Å². The first-order valence-corrected chi connectivity index (χ1v) is 14.0. The average Bonchev–Trinajstić information content (AvgIpc) is 2.97. The van der Waals surface area contributed by atoms with E-state index >= 15 is 8.78 Å². The van der Waals surface area contributed by atoms with Crippen LogP contribution in [0.4, 0.5) is 17.6 Å². The maximum atomic E-state index is 15.1. The summed E-state index contributed by atoms with van der Waals surface area (Å²) in [5, 5.41) is 0. The van der Waals surface area contributed by atoms with Gasteiger partial charge >= 0.3 is 0 Å². The molecule has 1 aliphatic heterocycles. The van der Waals surface area contributed by atoms with Crippen LogP contribution in [0.25, 0.3) is 22.3 Å². The van der Waals surface area contributed by atoms with Crippen molar-refractivity contribution >= 4 is 0 Å². The highest BCUT2D eigenvalue weighted by Gasteiger charge is 2.27. The lowest BCUT2D eigenvalue weighted by atomic mass is 9.94. The van der Waals surface area contributed by atoms with Crippen molar-refractivity contribution in [2.24, 2.45) is 0 Å². The number of ether oxygens (including phenoxy) is 3. The zero-order valence-corrected chi connectivity index (χ0v) is 23.0. The first kappa shape index (κ1) is 29.8. The Morgan fingerprint density at radius 2 is 1.30 bits per heavy atom. The summed E-state index contributed by atoms with van der Waals surface area (Å²) < 4.78 is 76.3. The predicted octanol–water partition coefficient (Wildman–Crippen LogP) is 9.35. The predicted molar refractivity (Wildman–Crippen MR) is 149 cm³/mol. The van der Waals surface area contributed by atoms with Crippen molar-refractivity contribution in [3.63, 3.8) is 0 Å². The van der Waals surface area contributed by atoms with Crippen molar-refractivity contribution in [1.29, 1.82) is 0 Å². The molecule has 0 bridgehead atoms. The van der Waals surface area contributed by atoms with Gasteiger partial charge in [-0.1, -0.05) is 81.5 Å². The van der Waals surface area contributed by atoms with Crippen LogP contribution in [0.15, 0.2) is 60.7 Å². The molecule has 0 aromatic heterocycles. The van der Waals surface area contributed by atoms with Gasteiger partial charge in [-0.3, -0.25) is 0 Å². The highest BCUT2D eigenvalue weighted by molar-refractivity contribution is 5.72. The molecular weight excluding hydrogens is 520 g/mol. The molecule has 214 valence electrons. The van der Waals surface area contributed by atoms with Gasteiger partial charge in [0.15, 0.2) is 29.5 Å². The SMILES string of the molecule is CC=CC1OCC(c2ccc(-c3ccc(-c4ccc(OCCCCCCCC)c(F)c4F)cc3)c(F)c2F)CO1. The van der Waals surface area contributed by atoms with E-state index in [9.17, 15) is 8.78 Å². The van der Waals surface area contributed by atoms with Gasteiger partial charge < -0.3 is 14.2 Å². The molecule has 0 aliphatic carbocycles. The number of rotatable bonds is 12. The molecule has 0 atom stereocenters. The largest absolute Gasteiger partial charge is 0.490 e. The zero-order chi connectivity index (χ0) is 28.5. The number of hydrogen-bond donors (Lipinski definition) is 0. The van der Waals surface area contributed by atoms with Crippen LogP contribution in [0, 0.1) is 23.3 Å². The number of halogens is 4. The van der Waals surface area contributed by atoms with Crippen LogP contribution in [0.3, 0.4) is 0 Å². The Hall–Kier alpha value is -3.16. The summed E-state index contributed by atoms with van der Waals surface area (Å²) in [5.74, 6) is -4.52. The van der Waals surface area contributed by atoms with Crippen LogP contribution >= 0.6 is 0 Å². The third kappa shape index (κ3) is 7.12. The summed E-state index contributed by atoms with van der Waals surface area (Å²) in [6, 6.07) is 12.2. The topological polar surface area (TPSA) is 27.7 Å². The highest BCUT2D eigenvalue weighted by Crippen LogP contribution is 2.34. The van der Waals surface area contributed by atoms with Crippen LogP contribution in [0.5, 0.6) is 5.75 Å². The Kier molecular flexibility index (Phi) is 10.8. The van der Waals surface area contributed by atoms with Crippen LogP contribution in [0.2, 0.25) is 0 Å². The van der Waals surface area contributed by atoms with Crippen molar-refractivity contribution < 1.29 is 31.8 Å². The lowest BCUT2D eigenvalue weighted by Crippen LogP contribution is -2.30. The number of hydrogen-bond acceptors (Lipinski definition) is 3. The van der Waals surface area contributed by atoms with Crippen LogP contribution in [0.1, 0.15) is 63.9 Å². The third-order valence-electron chi connectivity index (χ3n) is 7.13. The van der Waals surface area contributed by atoms with E-state index in [1.54, 1.807) is 36.4 Å². The molecule has 1 fully saturated rings. The fourth-order valence-electron chi connectivity index (χ4n) is 4.83. The van der Waals surface area contributed by atoms with E-state index in [-0.39, 0.29) is 35.7 Å². The lowest BCUT2D eigenvalue weighted by molar-refractivity contribution is -0.159. The first-order chi connectivity index (χ1) is 19.4. The molecule has 7 heteroatoms. The number of allylic oxidation sites excluding steroid dienone is 1. The fourth-order valence-corrected chi connectivity index (χ4v) is 4.83. The second-order valence-electron chi connectivity index (χ2n) is 10.0. The van der Waals surface area contributed by atoms with E-state index in [0.717, 1.165) is 19.3 Å². The minimum Gasteiger partial charge on any atom is -0.490 e. The molecule has 0 radical (unpaired) electrons. The number of benzene rings is 3. The van der Waals surface area contributed by atoms with Gasteiger partial charge in [-0.05, 0) is 48.2 Å². The standard InChI is InChI=1S/C33H36F4O3/c1-3-5-6-7-8-9-19-38-28-18-17-26(32(36)33(28)37)23-13-11-22(12-14-23)25-15-16-27(31(35)30(25)34)24-20-39-29(10-4-2)40-21-24/h4,10-18,24,29H,3,5-9,19-21H2,1-2H3. The summed E-state index contributed by atoms with van der Waals surface area (Å²) >= 11 is 0. The third-order valence-corrected chi connectivity index (χ3v) is 7.13. The molecule has 3 aromatic carbocycles. The van der Waals surface area contributed by atoms with Gasteiger partial charge in [-0.25, -0.2) is 13.2 Å². The van der Waals surface area contributed by atoms with Gasteiger partial charge in [0, 0.05) is 17.0 Å². The molecule has 4 rings (SSSR count). The van der Waals surface area contributed by atoms with Crippen molar-refractivity contribution in [3.8, 4) is 28.0 Å². The fraction of sp³-hybridized carbons (Fsp3) is 0.394. The smallest absolute Gasteiger partial charge is 0.201 e. The summed E-state index contributed by atoms with van der Waals surface area (Å²) in [6.07, 6.45) is 9.48. The van der Waals surface area contributed by atoms with Crippen molar-refractivity contribution in [1.82, 2.24) is 0 Å². The van der Waals surface area contributed by atoms with Gasteiger partial charge in [0.25, 0.3) is 0 Å². The second-order valence-corrected chi connectivity index (χ2v) is 10.0. The molecular formula is C33H36F4O3. The van der Waals surface area contributed by atoms with E-state index in [2.05, 4.69) is 6.92 Å². The molecule has 1 heterocycles. The minimum absolute atomic E-state index is 0.0616. The molecule has 0 unspecified atom stereocenters. The van der Waals surface area contributed by atoms with E-state index in [0.29, 0.717) is 17.7 Å². The van der Waals surface area contributed by atoms with Crippen molar-refractivity contribution in [3.05, 3.63) is 89.5 Å². The highest BCUT2D eigenvalue weighted by atomic mass is 19.2. The molecule has 3 nitrogen and oxygen atoms in total. The Bertz CT molecular complexity index is 1280. The van der Waals surface area contributed by atoms with Gasteiger partial charge in [0.1, 0.15) is 0 Å². The molecule has 0 amide bonds. The van der Waals surface area contributed by atoms with Crippen molar-refractivity contribution in [2.45, 2.75) is 64.6 Å².